The van der Waals surface area contributed by atoms with E-state index in [1.807, 2.05) is 12.1 Å². The van der Waals surface area contributed by atoms with E-state index in [-0.39, 0.29) is 0 Å². The maximum absolute atomic E-state index is 6.06. The second-order valence-corrected chi connectivity index (χ2v) is 5.36. The Hall–Kier alpha value is -1.22. The first-order chi connectivity index (χ1) is 9.35. The van der Waals surface area contributed by atoms with Gasteiger partial charge in [-0.25, -0.2) is 4.98 Å². The zero-order chi connectivity index (χ0) is 13.2. The summed E-state index contributed by atoms with van der Waals surface area (Å²) in [6.07, 6.45) is 4.77. The van der Waals surface area contributed by atoms with Crippen molar-refractivity contribution in [3.8, 4) is 5.75 Å². The molecule has 1 aliphatic carbocycles. The van der Waals surface area contributed by atoms with Crippen LogP contribution in [0, 0.1) is 0 Å². The zero-order valence-corrected chi connectivity index (χ0v) is 12.0. The van der Waals surface area contributed by atoms with Crippen molar-refractivity contribution in [3.05, 3.63) is 24.0 Å². The van der Waals surface area contributed by atoms with Crippen LogP contribution in [0.3, 0.4) is 0 Å². The molecular weight excluding hydrogens is 260 g/mol. The van der Waals surface area contributed by atoms with Crippen molar-refractivity contribution in [3.63, 3.8) is 0 Å². The van der Waals surface area contributed by atoms with Gasteiger partial charge in [0.1, 0.15) is 17.1 Å². The van der Waals surface area contributed by atoms with Crippen LogP contribution < -0.4 is 4.74 Å². The zero-order valence-electron chi connectivity index (χ0n) is 11.2. The highest BCUT2D eigenvalue weighted by Crippen LogP contribution is 2.37. The molecule has 0 aliphatic heterocycles. The Morgan fingerprint density at radius 2 is 2.26 bits per heavy atom. The highest BCUT2D eigenvalue weighted by molar-refractivity contribution is 6.16. The Morgan fingerprint density at radius 1 is 1.42 bits per heavy atom. The Morgan fingerprint density at radius 3 is 2.89 bits per heavy atom. The maximum atomic E-state index is 6.06. The second-order valence-electron chi connectivity index (χ2n) is 5.09. The fourth-order valence-electron chi connectivity index (χ4n) is 2.61. The molecule has 1 aromatic carbocycles. The third-order valence-electron chi connectivity index (χ3n) is 3.78. The Labute approximate surface area is 118 Å². The number of halogens is 1. The lowest BCUT2D eigenvalue weighted by molar-refractivity contribution is 0.315. The highest BCUT2D eigenvalue weighted by atomic mass is 35.5. The summed E-state index contributed by atoms with van der Waals surface area (Å²) in [7, 11) is 0. The van der Waals surface area contributed by atoms with Gasteiger partial charge in [0.05, 0.1) is 18.0 Å². The molecule has 0 N–H and O–H groups in total. The molecule has 102 valence electrons. The number of nitrogens with zero attached hydrogens (tertiary/aromatic N) is 2. The van der Waals surface area contributed by atoms with Gasteiger partial charge in [-0.3, -0.25) is 0 Å². The largest absolute Gasteiger partial charge is 0.491 e. The average molecular weight is 279 g/mol. The van der Waals surface area contributed by atoms with Crippen LogP contribution in [0.5, 0.6) is 5.75 Å². The number of ether oxygens (including phenoxy) is 1. The highest BCUT2D eigenvalue weighted by Gasteiger charge is 2.25. The van der Waals surface area contributed by atoms with E-state index in [2.05, 4.69) is 17.6 Å². The Balaban J connectivity index is 2.08. The summed E-state index contributed by atoms with van der Waals surface area (Å²) in [6.45, 7) is 2.84. The van der Waals surface area contributed by atoms with E-state index in [1.165, 1.54) is 19.3 Å². The van der Waals surface area contributed by atoms with E-state index < -0.39 is 0 Å². The number of benzene rings is 1. The first-order valence-corrected chi connectivity index (χ1v) is 7.57. The predicted octanol–water partition coefficient (Wildman–Crippen LogP) is 4.29. The molecular formula is C15H19ClN2O. The number of aromatic nitrogens is 2. The quantitative estimate of drug-likeness (QED) is 0.763. The minimum Gasteiger partial charge on any atom is -0.491 e. The molecule has 1 fully saturated rings. The third-order valence-corrected chi connectivity index (χ3v) is 4.02. The molecule has 1 aliphatic rings. The van der Waals surface area contributed by atoms with Gasteiger partial charge in [-0.15, -0.1) is 11.6 Å². The summed E-state index contributed by atoms with van der Waals surface area (Å²) in [5, 5.41) is 0. The van der Waals surface area contributed by atoms with Gasteiger partial charge >= 0.3 is 0 Å². The lowest BCUT2D eigenvalue weighted by Gasteiger charge is -2.28. The van der Waals surface area contributed by atoms with E-state index >= 15 is 0 Å². The van der Waals surface area contributed by atoms with Crippen molar-refractivity contribution in [1.29, 1.82) is 0 Å². The third kappa shape index (κ3) is 2.20. The first-order valence-electron chi connectivity index (χ1n) is 7.03. The Kier molecular flexibility index (Phi) is 3.65. The molecule has 0 radical (unpaired) electrons. The monoisotopic (exact) mass is 278 g/mol. The molecule has 1 aromatic heterocycles. The van der Waals surface area contributed by atoms with Crippen LogP contribution in [-0.2, 0) is 5.88 Å². The standard InChI is InChI=1S/C15H19ClN2O/c1-2-9-19-13-8-4-7-12-15(13)17-14(10-16)18(12)11-5-3-6-11/h4,7-8,11H,2-3,5-6,9-10H2,1H3. The van der Waals surface area contributed by atoms with E-state index in [1.54, 1.807) is 0 Å². The summed E-state index contributed by atoms with van der Waals surface area (Å²) in [4.78, 5) is 4.69. The minimum atomic E-state index is 0.457. The van der Waals surface area contributed by atoms with Gasteiger partial charge in [-0.2, -0.15) is 0 Å². The fourth-order valence-corrected chi connectivity index (χ4v) is 2.80. The van der Waals surface area contributed by atoms with Crippen LogP contribution in [0.1, 0.15) is 44.5 Å². The second kappa shape index (κ2) is 5.41. The summed E-state index contributed by atoms with van der Waals surface area (Å²) >= 11 is 6.06. The van der Waals surface area contributed by atoms with Crippen LogP contribution in [0.2, 0.25) is 0 Å². The van der Waals surface area contributed by atoms with Gasteiger partial charge in [-0.05, 0) is 37.8 Å². The van der Waals surface area contributed by atoms with Crippen molar-refractivity contribution >= 4 is 22.6 Å². The normalized spacial score (nSPS) is 15.7. The van der Waals surface area contributed by atoms with Crippen LogP contribution in [0.25, 0.3) is 11.0 Å². The summed E-state index contributed by atoms with van der Waals surface area (Å²) in [6, 6.07) is 6.73. The molecule has 19 heavy (non-hydrogen) atoms. The first kappa shape index (κ1) is 12.8. The van der Waals surface area contributed by atoms with E-state index in [4.69, 9.17) is 21.3 Å². The van der Waals surface area contributed by atoms with Gasteiger partial charge in [0.15, 0.2) is 0 Å². The van der Waals surface area contributed by atoms with Crippen molar-refractivity contribution in [2.24, 2.45) is 0 Å². The van der Waals surface area contributed by atoms with Crippen molar-refractivity contribution in [2.75, 3.05) is 6.61 Å². The smallest absolute Gasteiger partial charge is 0.147 e. The lowest BCUT2D eigenvalue weighted by Crippen LogP contribution is -2.18. The van der Waals surface area contributed by atoms with Crippen LogP contribution >= 0.6 is 11.6 Å². The lowest BCUT2D eigenvalue weighted by atomic mass is 9.92. The van der Waals surface area contributed by atoms with Gasteiger partial charge in [0, 0.05) is 6.04 Å². The van der Waals surface area contributed by atoms with Gasteiger partial charge in [-0.1, -0.05) is 13.0 Å². The number of hydrogen-bond donors (Lipinski definition) is 0. The average Bonchev–Trinajstić information content (AvgIpc) is 2.74. The molecule has 1 saturated carbocycles. The van der Waals surface area contributed by atoms with E-state index in [9.17, 15) is 0 Å². The van der Waals surface area contributed by atoms with Crippen molar-refractivity contribution < 1.29 is 4.74 Å². The van der Waals surface area contributed by atoms with Crippen LogP contribution in [-0.4, -0.2) is 16.2 Å². The fraction of sp³-hybridized carbons (Fsp3) is 0.533. The van der Waals surface area contributed by atoms with Gasteiger partial charge < -0.3 is 9.30 Å². The molecule has 0 amide bonds. The Bertz CT molecular complexity index is 575. The topological polar surface area (TPSA) is 27.1 Å². The number of rotatable bonds is 5. The summed E-state index contributed by atoms with van der Waals surface area (Å²) in [5.74, 6) is 2.30. The van der Waals surface area contributed by atoms with Gasteiger partial charge in [0.25, 0.3) is 0 Å². The molecule has 3 nitrogen and oxygen atoms in total. The molecule has 0 unspecified atom stereocenters. The van der Waals surface area contributed by atoms with Crippen molar-refractivity contribution in [2.45, 2.75) is 44.5 Å². The molecule has 0 saturated heterocycles. The number of imidazole rings is 1. The number of alkyl halides is 1. The molecule has 0 bridgehead atoms. The van der Waals surface area contributed by atoms with Crippen LogP contribution in [0.4, 0.5) is 0 Å². The number of hydrogen-bond acceptors (Lipinski definition) is 2. The molecule has 0 spiro atoms. The molecule has 2 aromatic rings. The molecule has 1 heterocycles. The minimum absolute atomic E-state index is 0.457. The summed E-state index contributed by atoms with van der Waals surface area (Å²) < 4.78 is 8.10. The molecule has 0 atom stereocenters. The number of para-hydroxylation sites is 1. The SMILES string of the molecule is CCCOc1cccc2c1nc(CCl)n2C1CCC1. The molecule has 4 heteroatoms. The van der Waals surface area contributed by atoms with E-state index in [0.29, 0.717) is 11.9 Å². The molecule has 3 rings (SSSR count). The summed E-state index contributed by atoms with van der Waals surface area (Å²) in [5.41, 5.74) is 2.12. The predicted molar refractivity (Wildman–Crippen MR) is 78.0 cm³/mol. The van der Waals surface area contributed by atoms with Crippen LogP contribution in [0.15, 0.2) is 18.2 Å². The number of fused-ring (bicyclic) bond motifs is 1. The van der Waals surface area contributed by atoms with Gasteiger partial charge in [0.2, 0.25) is 0 Å². The van der Waals surface area contributed by atoms with Crippen molar-refractivity contribution in [1.82, 2.24) is 9.55 Å². The maximum Gasteiger partial charge on any atom is 0.147 e. The van der Waals surface area contributed by atoms with E-state index in [0.717, 1.165) is 35.6 Å².